The Morgan fingerprint density at radius 1 is 1.15 bits per heavy atom. The van der Waals surface area contributed by atoms with Crippen molar-refractivity contribution in [3.05, 3.63) is 94.2 Å². The second-order valence-corrected chi connectivity index (χ2v) is 8.34. The Balaban J connectivity index is 1.54. The predicted octanol–water partition coefficient (Wildman–Crippen LogP) is 4.97. The van der Waals surface area contributed by atoms with Gasteiger partial charge in [0.05, 0.1) is 29.5 Å². The summed E-state index contributed by atoms with van der Waals surface area (Å²) in [6, 6.07) is 14.7. The second-order valence-electron chi connectivity index (χ2n) is 7.36. The lowest BCUT2D eigenvalue weighted by atomic mass is 10.0. The molecule has 33 heavy (non-hydrogen) atoms. The predicted molar refractivity (Wildman–Crippen MR) is 120 cm³/mol. The van der Waals surface area contributed by atoms with Crippen molar-refractivity contribution in [1.29, 1.82) is 0 Å². The Kier molecular flexibility index (Phi) is 6.57. The maximum Gasteiger partial charge on any atom is 0.416 e. The normalized spacial score (nSPS) is 12.5. The highest BCUT2D eigenvalue weighted by Gasteiger charge is 2.31. The van der Waals surface area contributed by atoms with Gasteiger partial charge in [0, 0.05) is 4.88 Å². The van der Waals surface area contributed by atoms with Crippen LogP contribution in [0, 0.1) is 6.92 Å². The molecule has 0 aliphatic carbocycles. The summed E-state index contributed by atoms with van der Waals surface area (Å²) >= 11 is 1.55. The first-order chi connectivity index (χ1) is 15.8. The number of aromatic nitrogens is 3. The number of halogens is 3. The van der Waals surface area contributed by atoms with Gasteiger partial charge in [-0.25, -0.2) is 9.67 Å². The van der Waals surface area contributed by atoms with Crippen molar-refractivity contribution in [2.75, 3.05) is 11.9 Å². The van der Waals surface area contributed by atoms with Crippen LogP contribution in [0.4, 0.5) is 18.9 Å². The molecule has 170 valence electrons. The fraction of sp³-hybridized carbons (Fsp3) is 0.174. The molecule has 2 aromatic carbocycles. The number of alkyl halides is 3. The van der Waals surface area contributed by atoms with Gasteiger partial charge in [-0.2, -0.15) is 18.3 Å². The molecule has 1 amide bonds. The maximum absolute atomic E-state index is 13.2. The number of rotatable bonds is 7. The van der Waals surface area contributed by atoms with Crippen molar-refractivity contribution >= 4 is 22.9 Å². The molecule has 2 N–H and O–H groups in total. The Bertz CT molecular complexity index is 1210. The molecule has 1 atom stereocenters. The molecule has 2 aromatic heterocycles. The number of hydrogen-bond acceptors (Lipinski definition) is 5. The average Bonchev–Trinajstić information content (AvgIpc) is 3.49. The zero-order valence-corrected chi connectivity index (χ0v) is 18.3. The summed E-state index contributed by atoms with van der Waals surface area (Å²) in [5.74, 6) is -0.482. The van der Waals surface area contributed by atoms with Crippen molar-refractivity contribution in [1.82, 2.24) is 20.1 Å². The van der Waals surface area contributed by atoms with E-state index in [0.717, 1.165) is 28.1 Å². The van der Waals surface area contributed by atoms with Gasteiger partial charge in [-0.05, 0) is 42.1 Å². The largest absolute Gasteiger partial charge is 0.416 e. The number of carbonyl (C=O) groups excluding carboxylic acids is 1. The number of benzene rings is 2. The third-order valence-electron chi connectivity index (χ3n) is 4.97. The first kappa shape index (κ1) is 22.7. The summed E-state index contributed by atoms with van der Waals surface area (Å²) < 4.78 is 41.0. The molecule has 0 aliphatic heterocycles. The molecule has 0 saturated carbocycles. The van der Waals surface area contributed by atoms with Crippen LogP contribution in [0.15, 0.2) is 72.6 Å². The minimum atomic E-state index is -4.55. The SMILES string of the molecule is Cc1ccc([C@H](NCC(=O)Nc2cc(C(F)(F)F)ccc2-n2cncn2)c2cccs2)cc1. The van der Waals surface area contributed by atoms with Crippen LogP contribution < -0.4 is 10.6 Å². The summed E-state index contributed by atoms with van der Waals surface area (Å²) in [5.41, 5.74) is 1.50. The van der Waals surface area contributed by atoms with Crippen LogP contribution in [-0.2, 0) is 11.0 Å². The number of carbonyl (C=O) groups is 1. The molecule has 6 nitrogen and oxygen atoms in total. The van der Waals surface area contributed by atoms with Gasteiger partial charge in [0.25, 0.3) is 0 Å². The van der Waals surface area contributed by atoms with Crippen LogP contribution in [0.1, 0.15) is 27.6 Å². The van der Waals surface area contributed by atoms with Crippen molar-refractivity contribution in [3.8, 4) is 5.69 Å². The van der Waals surface area contributed by atoms with E-state index in [2.05, 4.69) is 20.7 Å². The van der Waals surface area contributed by atoms with E-state index in [1.807, 2.05) is 48.7 Å². The number of thiophene rings is 1. The summed E-state index contributed by atoms with van der Waals surface area (Å²) in [4.78, 5) is 17.6. The number of anilines is 1. The minimum absolute atomic E-state index is 0.00913. The van der Waals surface area contributed by atoms with Crippen LogP contribution in [0.3, 0.4) is 0 Å². The number of nitrogens with one attached hydrogen (secondary N) is 2. The van der Waals surface area contributed by atoms with Crippen molar-refractivity contribution < 1.29 is 18.0 Å². The van der Waals surface area contributed by atoms with E-state index in [1.54, 1.807) is 11.3 Å². The van der Waals surface area contributed by atoms with Crippen LogP contribution in [-0.4, -0.2) is 27.2 Å². The maximum atomic E-state index is 13.2. The van der Waals surface area contributed by atoms with Gasteiger partial charge in [-0.1, -0.05) is 35.9 Å². The van der Waals surface area contributed by atoms with Crippen molar-refractivity contribution in [2.24, 2.45) is 0 Å². The molecular formula is C23H20F3N5OS. The number of aryl methyl sites for hydroxylation is 1. The zero-order chi connectivity index (χ0) is 23.4. The molecule has 4 aromatic rings. The summed E-state index contributed by atoms with van der Waals surface area (Å²) in [6.07, 6.45) is -1.94. The molecule has 0 unspecified atom stereocenters. The average molecular weight is 472 g/mol. The second kappa shape index (κ2) is 9.55. The fourth-order valence-electron chi connectivity index (χ4n) is 3.33. The van der Waals surface area contributed by atoms with Crippen LogP contribution >= 0.6 is 11.3 Å². The summed E-state index contributed by atoms with van der Waals surface area (Å²) in [6.45, 7) is 1.88. The lowest BCUT2D eigenvalue weighted by molar-refractivity contribution is -0.137. The van der Waals surface area contributed by atoms with Gasteiger partial charge in [0.2, 0.25) is 5.91 Å². The highest BCUT2D eigenvalue weighted by atomic mass is 32.1. The van der Waals surface area contributed by atoms with Gasteiger partial charge < -0.3 is 5.32 Å². The fourth-order valence-corrected chi connectivity index (χ4v) is 4.16. The molecule has 0 aliphatic rings. The van der Waals surface area contributed by atoms with E-state index in [4.69, 9.17) is 0 Å². The monoisotopic (exact) mass is 471 g/mol. The quantitative estimate of drug-likeness (QED) is 0.399. The summed E-state index contributed by atoms with van der Waals surface area (Å²) in [7, 11) is 0. The molecule has 0 fully saturated rings. The highest BCUT2D eigenvalue weighted by Crippen LogP contribution is 2.33. The van der Waals surface area contributed by atoms with Gasteiger partial charge in [-0.15, -0.1) is 11.3 Å². The van der Waals surface area contributed by atoms with Gasteiger partial charge >= 0.3 is 6.18 Å². The molecule has 0 saturated heterocycles. The minimum Gasteiger partial charge on any atom is -0.323 e. The van der Waals surface area contributed by atoms with E-state index in [1.165, 1.54) is 23.4 Å². The van der Waals surface area contributed by atoms with E-state index in [0.29, 0.717) is 0 Å². The Hall–Kier alpha value is -3.50. The van der Waals surface area contributed by atoms with Crippen LogP contribution in [0.25, 0.3) is 5.69 Å². The Labute approximate surface area is 192 Å². The zero-order valence-electron chi connectivity index (χ0n) is 17.5. The molecule has 4 rings (SSSR count). The van der Waals surface area contributed by atoms with Gasteiger partial charge in [0.15, 0.2) is 0 Å². The Morgan fingerprint density at radius 2 is 1.94 bits per heavy atom. The number of hydrogen-bond donors (Lipinski definition) is 2. The smallest absolute Gasteiger partial charge is 0.323 e. The molecule has 10 heteroatoms. The lowest BCUT2D eigenvalue weighted by Crippen LogP contribution is -2.32. The molecular weight excluding hydrogens is 451 g/mol. The third-order valence-corrected chi connectivity index (χ3v) is 5.91. The summed E-state index contributed by atoms with van der Waals surface area (Å²) in [5, 5.41) is 11.7. The first-order valence-corrected chi connectivity index (χ1v) is 10.9. The molecule has 0 spiro atoms. The topological polar surface area (TPSA) is 71.8 Å². The molecule has 0 radical (unpaired) electrons. The van der Waals surface area contributed by atoms with Crippen LogP contribution in [0.2, 0.25) is 0 Å². The van der Waals surface area contributed by atoms with E-state index in [9.17, 15) is 18.0 Å². The van der Waals surface area contributed by atoms with Gasteiger partial charge in [-0.3, -0.25) is 10.1 Å². The first-order valence-electron chi connectivity index (χ1n) is 10.0. The van der Waals surface area contributed by atoms with Gasteiger partial charge in [0.1, 0.15) is 12.7 Å². The lowest BCUT2D eigenvalue weighted by Gasteiger charge is -2.19. The van der Waals surface area contributed by atoms with Crippen LogP contribution in [0.5, 0.6) is 0 Å². The van der Waals surface area contributed by atoms with Crippen molar-refractivity contribution in [2.45, 2.75) is 19.1 Å². The molecule has 2 heterocycles. The van der Waals surface area contributed by atoms with Crippen molar-refractivity contribution in [3.63, 3.8) is 0 Å². The third kappa shape index (κ3) is 5.47. The Morgan fingerprint density at radius 3 is 2.58 bits per heavy atom. The highest BCUT2D eigenvalue weighted by molar-refractivity contribution is 7.10. The molecule has 0 bridgehead atoms. The number of amides is 1. The van der Waals surface area contributed by atoms with E-state index >= 15 is 0 Å². The standard InChI is InChI=1S/C23H20F3N5OS/c1-15-4-6-16(7-5-15)22(20-3-2-10-33-20)28-12-21(32)30-18-11-17(23(24,25)26)8-9-19(18)31-14-27-13-29-31/h2-11,13-14,22,28H,12H2,1H3,(H,30,32)/t22-/m0/s1. The van der Waals surface area contributed by atoms with E-state index < -0.39 is 17.6 Å². The van der Waals surface area contributed by atoms with E-state index in [-0.39, 0.29) is 24.0 Å². The number of nitrogens with zero attached hydrogens (tertiary/aromatic N) is 3.